The first-order valence-corrected chi connectivity index (χ1v) is 7.02. The number of nitrogens with one attached hydrogen (secondary N) is 2. The zero-order valence-corrected chi connectivity index (χ0v) is 13.0. The third kappa shape index (κ3) is 4.77. The summed E-state index contributed by atoms with van der Waals surface area (Å²) in [7, 11) is 1.42. The normalized spacial score (nSPS) is 10.2. The van der Waals surface area contributed by atoms with Gasteiger partial charge in [-0.25, -0.2) is 4.39 Å². The number of anilines is 2. The zero-order chi connectivity index (χ0) is 16.8. The molecule has 0 fully saturated rings. The lowest BCUT2D eigenvalue weighted by Crippen LogP contribution is -2.17. The average molecular weight is 337 g/mol. The van der Waals surface area contributed by atoms with Crippen LogP contribution in [0.3, 0.4) is 0 Å². The summed E-state index contributed by atoms with van der Waals surface area (Å²) in [6.07, 6.45) is 0. The molecule has 0 aromatic heterocycles. The second-order valence-corrected chi connectivity index (χ2v) is 5.05. The zero-order valence-electron chi connectivity index (χ0n) is 12.2. The molecule has 0 radical (unpaired) electrons. The second-order valence-electron chi connectivity index (χ2n) is 4.64. The van der Waals surface area contributed by atoms with Crippen LogP contribution in [-0.4, -0.2) is 25.5 Å². The molecule has 0 saturated heterocycles. The van der Waals surface area contributed by atoms with E-state index in [0.29, 0.717) is 11.4 Å². The van der Waals surface area contributed by atoms with E-state index in [1.165, 1.54) is 13.2 Å². The van der Waals surface area contributed by atoms with Crippen LogP contribution in [0.2, 0.25) is 5.02 Å². The predicted molar refractivity (Wildman–Crippen MR) is 86.3 cm³/mol. The van der Waals surface area contributed by atoms with Crippen LogP contribution in [0.5, 0.6) is 0 Å². The highest BCUT2D eigenvalue weighted by molar-refractivity contribution is 6.34. The second kappa shape index (κ2) is 7.71. The molecule has 2 N–H and O–H groups in total. The van der Waals surface area contributed by atoms with Crippen molar-refractivity contribution < 1.29 is 18.7 Å². The molecular weight excluding hydrogens is 323 g/mol. The third-order valence-electron chi connectivity index (χ3n) is 2.86. The monoisotopic (exact) mass is 336 g/mol. The summed E-state index contributed by atoms with van der Waals surface area (Å²) >= 11 is 5.85. The van der Waals surface area contributed by atoms with Gasteiger partial charge in [0.2, 0.25) is 5.91 Å². The largest absolute Gasteiger partial charge is 0.375 e. The van der Waals surface area contributed by atoms with Gasteiger partial charge in [0.25, 0.3) is 5.91 Å². The molecule has 7 heteroatoms. The molecule has 0 spiro atoms. The summed E-state index contributed by atoms with van der Waals surface area (Å²) < 4.78 is 17.7. The van der Waals surface area contributed by atoms with Crippen molar-refractivity contribution in [3.63, 3.8) is 0 Å². The summed E-state index contributed by atoms with van der Waals surface area (Å²) in [6.45, 7) is -0.0677. The van der Waals surface area contributed by atoms with Crippen LogP contribution in [0.15, 0.2) is 42.5 Å². The number of hydrogen-bond donors (Lipinski definition) is 2. The Kier molecular flexibility index (Phi) is 5.67. The van der Waals surface area contributed by atoms with E-state index in [-0.39, 0.29) is 23.1 Å². The Morgan fingerprint density at radius 3 is 2.48 bits per heavy atom. The van der Waals surface area contributed by atoms with Gasteiger partial charge in [-0.3, -0.25) is 9.59 Å². The van der Waals surface area contributed by atoms with E-state index in [9.17, 15) is 14.0 Å². The highest BCUT2D eigenvalue weighted by Gasteiger charge is 2.12. The number of benzene rings is 2. The van der Waals surface area contributed by atoms with Gasteiger partial charge in [-0.05, 0) is 36.4 Å². The van der Waals surface area contributed by atoms with Crippen molar-refractivity contribution in [2.24, 2.45) is 0 Å². The number of methoxy groups -OCH3 is 1. The summed E-state index contributed by atoms with van der Waals surface area (Å²) in [5, 5.41) is 5.28. The van der Waals surface area contributed by atoms with Crippen LogP contribution in [0, 0.1) is 5.82 Å². The van der Waals surface area contributed by atoms with Crippen LogP contribution in [0.4, 0.5) is 15.8 Å². The lowest BCUT2D eigenvalue weighted by molar-refractivity contribution is -0.119. The molecule has 2 amide bonds. The number of carbonyl (C=O) groups is 2. The number of halogens is 2. The van der Waals surface area contributed by atoms with E-state index in [1.807, 2.05) is 0 Å². The van der Waals surface area contributed by atoms with Gasteiger partial charge in [0.1, 0.15) is 12.4 Å². The van der Waals surface area contributed by atoms with Gasteiger partial charge in [-0.1, -0.05) is 17.7 Å². The van der Waals surface area contributed by atoms with Crippen molar-refractivity contribution in [3.8, 4) is 0 Å². The molecule has 0 aliphatic heterocycles. The molecule has 0 atom stereocenters. The fraction of sp³-hybridized carbons (Fsp3) is 0.125. The minimum Gasteiger partial charge on any atom is -0.375 e. The van der Waals surface area contributed by atoms with Crippen LogP contribution in [-0.2, 0) is 9.53 Å². The predicted octanol–water partition coefficient (Wildman–Crippen LogP) is 3.32. The molecule has 0 bridgehead atoms. The van der Waals surface area contributed by atoms with Crippen LogP contribution in [0.1, 0.15) is 10.4 Å². The van der Waals surface area contributed by atoms with Crippen molar-refractivity contribution >= 4 is 34.8 Å². The standard InChI is InChI=1S/C16H14ClFN2O3/c1-23-9-15(21)19-11-3-2-4-12(8-11)20-16(22)13-6-5-10(18)7-14(13)17/h2-8H,9H2,1H3,(H,19,21)(H,20,22). The number of rotatable bonds is 5. The molecule has 0 heterocycles. The minimum atomic E-state index is -0.519. The molecule has 2 aromatic rings. The maximum Gasteiger partial charge on any atom is 0.257 e. The highest BCUT2D eigenvalue weighted by atomic mass is 35.5. The molecule has 120 valence electrons. The van der Waals surface area contributed by atoms with Crippen molar-refractivity contribution in [3.05, 3.63) is 58.9 Å². The number of carbonyl (C=O) groups excluding carboxylic acids is 2. The maximum absolute atomic E-state index is 13.0. The summed E-state index contributed by atoms with van der Waals surface area (Å²) in [5.41, 5.74) is 1.13. The van der Waals surface area contributed by atoms with Crippen LogP contribution >= 0.6 is 11.6 Å². The van der Waals surface area contributed by atoms with Gasteiger partial charge < -0.3 is 15.4 Å². The third-order valence-corrected chi connectivity index (χ3v) is 3.17. The number of hydrogen-bond acceptors (Lipinski definition) is 3. The lowest BCUT2D eigenvalue weighted by atomic mass is 10.2. The van der Waals surface area contributed by atoms with E-state index in [0.717, 1.165) is 12.1 Å². The van der Waals surface area contributed by atoms with E-state index in [4.69, 9.17) is 16.3 Å². The quantitative estimate of drug-likeness (QED) is 0.880. The Labute approximate surface area is 137 Å². The smallest absolute Gasteiger partial charge is 0.257 e. The Balaban J connectivity index is 2.10. The first-order chi connectivity index (χ1) is 11.0. The Bertz CT molecular complexity index is 737. The maximum atomic E-state index is 13.0. The molecular formula is C16H14ClFN2O3. The van der Waals surface area contributed by atoms with Crippen molar-refractivity contribution in [1.82, 2.24) is 0 Å². The Morgan fingerprint density at radius 2 is 1.83 bits per heavy atom. The van der Waals surface area contributed by atoms with Crippen molar-refractivity contribution in [2.45, 2.75) is 0 Å². The van der Waals surface area contributed by atoms with Gasteiger partial charge in [0, 0.05) is 18.5 Å². The first-order valence-electron chi connectivity index (χ1n) is 6.65. The van der Waals surface area contributed by atoms with Gasteiger partial charge in [-0.2, -0.15) is 0 Å². The Hall–Kier alpha value is -2.44. The van der Waals surface area contributed by atoms with Gasteiger partial charge in [0.15, 0.2) is 0 Å². The molecule has 0 saturated carbocycles. The van der Waals surface area contributed by atoms with Crippen LogP contribution in [0.25, 0.3) is 0 Å². The molecule has 2 aromatic carbocycles. The first kappa shape index (κ1) is 16.9. The van der Waals surface area contributed by atoms with E-state index in [2.05, 4.69) is 10.6 Å². The van der Waals surface area contributed by atoms with E-state index in [1.54, 1.807) is 24.3 Å². The molecule has 0 unspecified atom stereocenters. The van der Waals surface area contributed by atoms with Crippen molar-refractivity contribution in [2.75, 3.05) is 24.4 Å². The average Bonchev–Trinajstić information content (AvgIpc) is 2.47. The van der Waals surface area contributed by atoms with E-state index >= 15 is 0 Å². The highest BCUT2D eigenvalue weighted by Crippen LogP contribution is 2.20. The summed E-state index contributed by atoms with van der Waals surface area (Å²) in [6, 6.07) is 10.1. The molecule has 0 aliphatic rings. The molecule has 5 nitrogen and oxygen atoms in total. The lowest BCUT2D eigenvalue weighted by Gasteiger charge is -2.09. The summed E-state index contributed by atoms with van der Waals surface area (Å²) in [5.74, 6) is -1.30. The molecule has 2 rings (SSSR count). The topological polar surface area (TPSA) is 67.4 Å². The summed E-state index contributed by atoms with van der Waals surface area (Å²) in [4.78, 5) is 23.6. The van der Waals surface area contributed by atoms with Crippen LogP contribution < -0.4 is 10.6 Å². The molecule has 23 heavy (non-hydrogen) atoms. The van der Waals surface area contributed by atoms with E-state index < -0.39 is 11.7 Å². The molecule has 0 aliphatic carbocycles. The SMILES string of the molecule is COCC(=O)Nc1cccc(NC(=O)c2ccc(F)cc2Cl)c1. The number of ether oxygens (including phenoxy) is 1. The fourth-order valence-corrected chi connectivity index (χ4v) is 2.13. The van der Waals surface area contributed by atoms with Gasteiger partial charge >= 0.3 is 0 Å². The van der Waals surface area contributed by atoms with Crippen molar-refractivity contribution in [1.29, 1.82) is 0 Å². The fourth-order valence-electron chi connectivity index (χ4n) is 1.87. The van der Waals surface area contributed by atoms with Gasteiger partial charge in [-0.15, -0.1) is 0 Å². The Morgan fingerprint density at radius 1 is 1.13 bits per heavy atom. The van der Waals surface area contributed by atoms with Gasteiger partial charge in [0.05, 0.1) is 10.6 Å². The number of amides is 2. The minimum absolute atomic E-state index is 0.0204.